The van der Waals surface area contributed by atoms with Crippen molar-refractivity contribution in [2.24, 2.45) is 0 Å². The average Bonchev–Trinajstić information content (AvgIpc) is 3.13. The highest BCUT2D eigenvalue weighted by Gasteiger charge is 2.20. The van der Waals surface area contributed by atoms with Crippen molar-refractivity contribution in [2.75, 3.05) is 12.9 Å². The lowest BCUT2D eigenvalue weighted by Crippen LogP contribution is -2.22. The Labute approximate surface area is 187 Å². The summed E-state index contributed by atoms with van der Waals surface area (Å²) in [6, 6.07) is 17.7. The molecule has 31 heavy (non-hydrogen) atoms. The summed E-state index contributed by atoms with van der Waals surface area (Å²) < 4.78 is 7.71. The number of ether oxygens (including phenoxy) is 1. The first-order chi connectivity index (χ1) is 14.9. The average molecular weight is 448 g/mol. The van der Waals surface area contributed by atoms with Crippen molar-refractivity contribution in [3.05, 3.63) is 48.2 Å². The van der Waals surface area contributed by atoms with Crippen molar-refractivity contribution in [1.82, 2.24) is 19.7 Å². The smallest absolute Gasteiger partial charge is 0.190 e. The fraction of sp³-hybridized carbons (Fsp3) is 0.304. The first-order valence-corrected chi connectivity index (χ1v) is 15.1. The van der Waals surface area contributed by atoms with Gasteiger partial charge in [0.05, 0.1) is 5.39 Å². The minimum Gasteiger partial charge on any atom is -0.359 e. The third-order valence-corrected chi connectivity index (χ3v) is 7.34. The summed E-state index contributed by atoms with van der Waals surface area (Å²) in [5, 5.41) is 18.1. The molecule has 2 aromatic heterocycles. The Balaban J connectivity index is 1.81. The molecule has 4 aromatic rings. The lowest BCUT2D eigenvalue weighted by atomic mass is 10.0. The number of benzene rings is 2. The maximum absolute atomic E-state index is 9.80. The van der Waals surface area contributed by atoms with E-state index in [-0.39, 0.29) is 0 Å². The number of hydrogen-bond acceptors (Lipinski definition) is 6. The van der Waals surface area contributed by atoms with Crippen LogP contribution in [0, 0.1) is 11.3 Å². The molecule has 0 aliphatic rings. The van der Waals surface area contributed by atoms with Gasteiger partial charge in [0.25, 0.3) is 0 Å². The van der Waals surface area contributed by atoms with Crippen LogP contribution in [0.25, 0.3) is 33.1 Å². The molecule has 2 heterocycles. The summed E-state index contributed by atoms with van der Waals surface area (Å²) >= 11 is 1.41. The predicted molar refractivity (Wildman–Crippen MR) is 129 cm³/mol. The largest absolute Gasteiger partial charge is 0.359 e. The molecule has 0 aliphatic heterocycles. The first kappa shape index (κ1) is 21.5. The van der Waals surface area contributed by atoms with Gasteiger partial charge in [0.1, 0.15) is 18.5 Å². The van der Waals surface area contributed by atoms with Gasteiger partial charge in [-0.1, -0.05) is 67.8 Å². The standard InChI is InChI=1S/C23H25N5OSSi/c1-30-23-25-19(14-24)20-21(18-10-9-16-7-5-6-8-17(16)13-18)27-28(22(20)26-23)15-29-11-12-31(2,3)4/h5-10,13H,11-12,15H2,1-4H3. The second kappa shape index (κ2) is 8.79. The second-order valence-corrected chi connectivity index (χ2v) is 15.0. The van der Waals surface area contributed by atoms with Gasteiger partial charge < -0.3 is 4.74 Å². The third-order valence-electron chi connectivity index (χ3n) is 5.09. The molecule has 0 bridgehead atoms. The number of rotatable bonds is 7. The van der Waals surface area contributed by atoms with Crippen molar-refractivity contribution >= 4 is 41.6 Å². The molecule has 0 atom stereocenters. The normalized spacial score (nSPS) is 11.8. The molecule has 0 N–H and O–H groups in total. The van der Waals surface area contributed by atoms with E-state index in [1.54, 1.807) is 4.68 Å². The fourth-order valence-electron chi connectivity index (χ4n) is 3.38. The molecule has 0 spiro atoms. The SMILES string of the molecule is CSc1nc(C#N)c2c(-c3ccc4ccccc4c3)nn(COCC[Si](C)(C)C)c2n1. The van der Waals surface area contributed by atoms with Crippen LogP contribution in [0.3, 0.4) is 0 Å². The zero-order chi connectivity index (χ0) is 22.0. The molecule has 0 saturated heterocycles. The first-order valence-electron chi connectivity index (χ1n) is 10.2. The Morgan fingerprint density at radius 2 is 1.87 bits per heavy atom. The predicted octanol–water partition coefficient (Wildman–Crippen LogP) is 5.55. The van der Waals surface area contributed by atoms with Crippen LogP contribution in [-0.2, 0) is 11.5 Å². The number of thioether (sulfide) groups is 1. The van der Waals surface area contributed by atoms with E-state index in [0.717, 1.165) is 22.4 Å². The van der Waals surface area contributed by atoms with Gasteiger partial charge in [-0.3, -0.25) is 0 Å². The summed E-state index contributed by atoms with van der Waals surface area (Å²) in [7, 11) is -1.18. The summed E-state index contributed by atoms with van der Waals surface area (Å²) in [6.07, 6.45) is 1.90. The van der Waals surface area contributed by atoms with E-state index >= 15 is 0 Å². The van der Waals surface area contributed by atoms with E-state index in [1.807, 2.05) is 24.5 Å². The Morgan fingerprint density at radius 1 is 1.10 bits per heavy atom. The van der Waals surface area contributed by atoms with E-state index in [0.29, 0.717) is 40.9 Å². The molecule has 0 saturated carbocycles. The number of hydrogen-bond donors (Lipinski definition) is 0. The lowest BCUT2D eigenvalue weighted by Gasteiger charge is -2.15. The van der Waals surface area contributed by atoms with Gasteiger partial charge in [-0.15, -0.1) is 0 Å². The molecule has 8 heteroatoms. The highest BCUT2D eigenvalue weighted by molar-refractivity contribution is 7.98. The Kier molecular flexibility index (Phi) is 6.09. The van der Waals surface area contributed by atoms with E-state index in [9.17, 15) is 5.26 Å². The zero-order valence-electron chi connectivity index (χ0n) is 18.2. The van der Waals surface area contributed by atoms with Crippen LogP contribution in [0.5, 0.6) is 0 Å². The molecule has 0 aliphatic carbocycles. The highest BCUT2D eigenvalue weighted by Crippen LogP contribution is 2.32. The molecule has 0 radical (unpaired) electrons. The quantitative estimate of drug-likeness (QED) is 0.160. The topological polar surface area (TPSA) is 76.6 Å². The summed E-state index contributed by atoms with van der Waals surface area (Å²) in [4.78, 5) is 9.10. The molecule has 158 valence electrons. The number of aromatic nitrogens is 4. The summed E-state index contributed by atoms with van der Waals surface area (Å²) in [5.41, 5.74) is 2.61. The minimum absolute atomic E-state index is 0.296. The minimum atomic E-state index is -1.18. The van der Waals surface area contributed by atoms with Crippen LogP contribution in [0.1, 0.15) is 5.69 Å². The van der Waals surface area contributed by atoms with E-state index in [2.05, 4.69) is 59.9 Å². The molecular formula is C23H25N5OSSi. The molecule has 4 rings (SSSR count). The van der Waals surface area contributed by atoms with Gasteiger partial charge in [-0.05, 0) is 29.1 Å². The summed E-state index contributed by atoms with van der Waals surface area (Å²) in [5.74, 6) is 0. The fourth-order valence-corrected chi connectivity index (χ4v) is 4.50. The monoisotopic (exact) mass is 447 g/mol. The van der Waals surface area contributed by atoms with Crippen LogP contribution in [0.15, 0.2) is 47.6 Å². The molecular weight excluding hydrogens is 422 g/mol. The van der Waals surface area contributed by atoms with Crippen LogP contribution in [0.4, 0.5) is 0 Å². The number of nitriles is 1. The highest BCUT2D eigenvalue weighted by atomic mass is 32.2. The van der Waals surface area contributed by atoms with Crippen LogP contribution in [0.2, 0.25) is 25.7 Å². The summed E-state index contributed by atoms with van der Waals surface area (Å²) in [6.45, 7) is 7.97. The van der Waals surface area contributed by atoms with Crippen molar-refractivity contribution in [2.45, 2.75) is 37.6 Å². The van der Waals surface area contributed by atoms with Crippen molar-refractivity contribution in [3.63, 3.8) is 0 Å². The molecule has 0 fully saturated rings. The van der Waals surface area contributed by atoms with Crippen LogP contribution in [-0.4, -0.2) is 40.7 Å². The van der Waals surface area contributed by atoms with Gasteiger partial charge >= 0.3 is 0 Å². The van der Waals surface area contributed by atoms with E-state index in [4.69, 9.17) is 9.84 Å². The van der Waals surface area contributed by atoms with Gasteiger partial charge in [0.2, 0.25) is 0 Å². The van der Waals surface area contributed by atoms with Crippen molar-refractivity contribution < 1.29 is 4.74 Å². The van der Waals surface area contributed by atoms with Crippen LogP contribution >= 0.6 is 11.8 Å². The second-order valence-electron chi connectivity index (χ2n) is 8.63. The van der Waals surface area contributed by atoms with Gasteiger partial charge in [0, 0.05) is 20.2 Å². The van der Waals surface area contributed by atoms with Gasteiger partial charge in [-0.2, -0.15) is 10.4 Å². The molecule has 2 aromatic carbocycles. The number of nitrogens with zero attached hydrogens (tertiary/aromatic N) is 5. The lowest BCUT2D eigenvalue weighted by molar-refractivity contribution is 0.0814. The Bertz CT molecular complexity index is 1290. The zero-order valence-corrected chi connectivity index (χ0v) is 20.0. The molecule has 0 unspecified atom stereocenters. The van der Waals surface area contributed by atoms with Gasteiger partial charge in [0.15, 0.2) is 16.5 Å². The van der Waals surface area contributed by atoms with Crippen LogP contribution < -0.4 is 0 Å². The van der Waals surface area contributed by atoms with E-state index in [1.165, 1.54) is 11.8 Å². The van der Waals surface area contributed by atoms with Crippen molar-refractivity contribution in [3.8, 4) is 17.3 Å². The van der Waals surface area contributed by atoms with Crippen molar-refractivity contribution in [1.29, 1.82) is 5.26 Å². The van der Waals surface area contributed by atoms with E-state index < -0.39 is 8.07 Å². The third kappa shape index (κ3) is 4.64. The van der Waals surface area contributed by atoms with Gasteiger partial charge in [-0.25, -0.2) is 14.6 Å². The molecule has 0 amide bonds. The Morgan fingerprint density at radius 3 is 2.58 bits per heavy atom. The molecule has 6 nitrogen and oxygen atoms in total. The Hall–Kier alpha value is -2.73. The maximum atomic E-state index is 9.80. The maximum Gasteiger partial charge on any atom is 0.190 e. The number of fused-ring (bicyclic) bond motifs is 2.